The molecule has 18 heavy (non-hydrogen) atoms. The molecule has 0 saturated carbocycles. The quantitative estimate of drug-likeness (QED) is 0.912. The molecule has 0 spiro atoms. The minimum Gasteiger partial charge on any atom is -0.479 e. The maximum absolute atomic E-state index is 12.9. The molecule has 1 unspecified atom stereocenters. The summed E-state index contributed by atoms with van der Waals surface area (Å²) in [6.07, 6.45) is -0.807. The van der Waals surface area contributed by atoms with Crippen molar-refractivity contribution in [3.05, 3.63) is 34.6 Å². The second kappa shape index (κ2) is 5.65. The lowest BCUT2D eigenvalue weighted by atomic mass is 10.2. The maximum Gasteiger partial charge on any atom is 0.334 e. The monoisotopic (exact) mass is 273 g/mol. The second-order valence-corrected chi connectivity index (χ2v) is 4.58. The first-order valence-corrected chi connectivity index (χ1v) is 5.95. The zero-order chi connectivity index (χ0) is 13.1. The minimum absolute atomic E-state index is 0.309. The molecule has 1 aromatic rings. The van der Waals surface area contributed by atoms with E-state index in [1.165, 1.54) is 12.1 Å². The predicted molar refractivity (Wildman–Crippen MR) is 64.1 cm³/mol. The summed E-state index contributed by atoms with van der Waals surface area (Å²) < 4.78 is 18.0. The molecule has 1 fully saturated rings. The molecule has 1 heterocycles. The zero-order valence-corrected chi connectivity index (χ0v) is 10.4. The standard InChI is InChI=1S/C12H13ClFNO3/c13-10-5-9(14)2-1-8(10)6-15-3-4-18-11(7-15)12(16)17/h1-2,5,11H,3-4,6-7H2,(H,16,17). The molecule has 1 atom stereocenters. The fourth-order valence-electron chi connectivity index (χ4n) is 1.89. The van der Waals surface area contributed by atoms with E-state index >= 15 is 0 Å². The lowest BCUT2D eigenvalue weighted by Crippen LogP contribution is -2.45. The third kappa shape index (κ3) is 3.19. The van der Waals surface area contributed by atoms with Crippen LogP contribution in [0.15, 0.2) is 18.2 Å². The Bertz CT molecular complexity index is 455. The number of hydrogen-bond acceptors (Lipinski definition) is 3. The molecule has 0 amide bonds. The number of hydrogen-bond donors (Lipinski definition) is 1. The average Bonchev–Trinajstić information content (AvgIpc) is 2.33. The average molecular weight is 274 g/mol. The van der Waals surface area contributed by atoms with E-state index in [1.54, 1.807) is 6.07 Å². The fourth-order valence-corrected chi connectivity index (χ4v) is 2.11. The van der Waals surface area contributed by atoms with Gasteiger partial charge in [0.15, 0.2) is 6.10 Å². The second-order valence-electron chi connectivity index (χ2n) is 4.17. The Morgan fingerprint density at radius 3 is 3.06 bits per heavy atom. The zero-order valence-electron chi connectivity index (χ0n) is 9.60. The van der Waals surface area contributed by atoms with E-state index in [1.807, 2.05) is 4.90 Å². The van der Waals surface area contributed by atoms with Gasteiger partial charge in [0, 0.05) is 24.7 Å². The van der Waals surface area contributed by atoms with E-state index in [0.29, 0.717) is 31.3 Å². The van der Waals surface area contributed by atoms with Crippen LogP contribution in [0.1, 0.15) is 5.56 Å². The Hall–Kier alpha value is -1.17. The van der Waals surface area contributed by atoms with Gasteiger partial charge >= 0.3 is 5.97 Å². The molecule has 0 bridgehead atoms. The molecule has 4 nitrogen and oxygen atoms in total. The van der Waals surface area contributed by atoms with Crippen molar-refractivity contribution in [3.8, 4) is 0 Å². The van der Waals surface area contributed by atoms with E-state index in [9.17, 15) is 9.18 Å². The summed E-state index contributed by atoms with van der Waals surface area (Å²) in [5.74, 6) is -1.35. The van der Waals surface area contributed by atoms with Crippen molar-refractivity contribution in [3.63, 3.8) is 0 Å². The lowest BCUT2D eigenvalue weighted by molar-refractivity contribution is -0.156. The fraction of sp³-hybridized carbons (Fsp3) is 0.417. The van der Waals surface area contributed by atoms with Gasteiger partial charge in [-0.05, 0) is 17.7 Å². The van der Waals surface area contributed by atoms with Gasteiger partial charge in [-0.2, -0.15) is 0 Å². The molecule has 1 N–H and O–H groups in total. The van der Waals surface area contributed by atoms with Gasteiger partial charge < -0.3 is 9.84 Å². The smallest absolute Gasteiger partial charge is 0.334 e. The molecule has 0 aromatic heterocycles. The molecule has 1 aliphatic rings. The first kappa shape index (κ1) is 13.3. The van der Waals surface area contributed by atoms with Crippen molar-refractivity contribution in [2.75, 3.05) is 19.7 Å². The first-order chi connectivity index (χ1) is 8.56. The Morgan fingerprint density at radius 2 is 2.39 bits per heavy atom. The number of carboxylic acid groups (broad SMARTS) is 1. The van der Waals surface area contributed by atoms with Crippen molar-refractivity contribution in [1.82, 2.24) is 4.90 Å². The topological polar surface area (TPSA) is 49.8 Å². The van der Waals surface area contributed by atoms with E-state index in [0.717, 1.165) is 5.56 Å². The highest BCUT2D eigenvalue weighted by atomic mass is 35.5. The first-order valence-electron chi connectivity index (χ1n) is 5.57. The van der Waals surface area contributed by atoms with E-state index in [-0.39, 0.29) is 5.82 Å². The van der Waals surface area contributed by atoms with Crippen LogP contribution in [0.2, 0.25) is 5.02 Å². The number of carboxylic acids is 1. The third-order valence-corrected chi connectivity index (χ3v) is 3.19. The number of aliphatic carboxylic acids is 1. The summed E-state index contributed by atoms with van der Waals surface area (Å²) in [6, 6.07) is 4.21. The van der Waals surface area contributed by atoms with Crippen molar-refractivity contribution in [2.24, 2.45) is 0 Å². The molecule has 1 aromatic carbocycles. The Morgan fingerprint density at radius 1 is 1.61 bits per heavy atom. The normalized spacial score (nSPS) is 20.9. The molecular formula is C12H13ClFNO3. The lowest BCUT2D eigenvalue weighted by Gasteiger charge is -2.30. The number of rotatable bonds is 3. The molecule has 0 radical (unpaired) electrons. The number of halogens is 2. The van der Waals surface area contributed by atoms with Crippen molar-refractivity contribution in [1.29, 1.82) is 0 Å². The molecule has 1 aliphatic heterocycles. The molecule has 0 aliphatic carbocycles. The van der Waals surface area contributed by atoms with Crippen molar-refractivity contribution < 1.29 is 19.0 Å². The summed E-state index contributed by atoms with van der Waals surface area (Å²) in [7, 11) is 0. The summed E-state index contributed by atoms with van der Waals surface area (Å²) in [6.45, 7) is 1.81. The number of carbonyl (C=O) groups is 1. The van der Waals surface area contributed by atoms with Crippen LogP contribution in [0.25, 0.3) is 0 Å². The van der Waals surface area contributed by atoms with Crippen LogP contribution in [-0.2, 0) is 16.1 Å². The SMILES string of the molecule is O=C(O)C1CN(Cc2ccc(F)cc2Cl)CCO1. The maximum atomic E-state index is 12.9. The van der Waals surface area contributed by atoms with Gasteiger partial charge in [-0.25, -0.2) is 9.18 Å². The highest BCUT2D eigenvalue weighted by Gasteiger charge is 2.26. The minimum atomic E-state index is -0.968. The van der Waals surface area contributed by atoms with Crippen LogP contribution in [-0.4, -0.2) is 41.8 Å². The van der Waals surface area contributed by atoms with E-state index in [2.05, 4.69) is 0 Å². The molecular weight excluding hydrogens is 261 g/mol. The third-order valence-electron chi connectivity index (χ3n) is 2.84. The van der Waals surface area contributed by atoms with Gasteiger partial charge in [0.1, 0.15) is 5.82 Å². The summed E-state index contributed by atoms with van der Waals surface area (Å²) in [5.41, 5.74) is 0.782. The Kier molecular flexibility index (Phi) is 4.16. The summed E-state index contributed by atoms with van der Waals surface area (Å²) in [4.78, 5) is 12.8. The number of morpholine rings is 1. The van der Waals surface area contributed by atoms with Gasteiger partial charge in [0.25, 0.3) is 0 Å². The van der Waals surface area contributed by atoms with E-state index < -0.39 is 12.1 Å². The highest BCUT2D eigenvalue weighted by Crippen LogP contribution is 2.20. The van der Waals surface area contributed by atoms with Gasteiger partial charge in [-0.15, -0.1) is 0 Å². The van der Waals surface area contributed by atoms with Crippen LogP contribution in [0, 0.1) is 5.82 Å². The van der Waals surface area contributed by atoms with Crippen molar-refractivity contribution in [2.45, 2.75) is 12.6 Å². The molecule has 98 valence electrons. The summed E-state index contributed by atoms with van der Waals surface area (Å²) >= 11 is 5.93. The highest BCUT2D eigenvalue weighted by molar-refractivity contribution is 6.31. The predicted octanol–water partition coefficient (Wildman–Crippen LogP) is 1.76. The van der Waals surface area contributed by atoms with Crippen LogP contribution < -0.4 is 0 Å². The largest absolute Gasteiger partial charge is 0.479 e. The van der Waals surface area contributed by atoms with Gasteiger partial charge in [-0.1, -0.05) is 17.7 Å². The number of nitrogens with zero attached hydrogens (tertiary/aromatic N) is 1. The Balaban J connectivity index is 2.02. The molecule has 2 rings (SSSR count). The van der Waals surface area contributed by atoms with E-state index in [4.69, 9.17) is 21.4 Å². The van der Waals surface area contributed by atoms with Gasteiger partial charge in [0.2, 0.25) is 0 Å². The van der Waals surface area contributed by atoms with Crippen LogP contribution in [0.5, 0.6) is 0 Å². The number of ether oxygens (including phenoxy) is 1. The molecule has 1 saturated heterocycles. The summed E-state index contributed by atoms with van der Waals surface area (Å²) in [5, 5.41) is 9.24. The Labute approximate surface area is 109 Å². The van der Waals surface area contributed by atoms with Crippen LogP contribution in [0.3, 0.4) is 0 Å². The molecule has 6 heteroatoms. The number of benzene rings is 1. The van der Waals surface area contributed by atoms with Crippen LogP contribution in [0.4, 0.5) is 4.39 Å². The van der Waals surface area contributed by atoms with Gasteiger partial charge in [0.05, 0.1) is 6.61 Å². The van der Waals surface area contributed by atoms with Crippen molar-refractivity contribution >= 4 is 17.6 Å². The van der Waals surface area contributed by atoms with Gasteiger partial charge in [-0.3, -0.25) is 4.90 Å². The van der Waals surface area contributed by atoms with Crippen LogP contribution >= 0.6 is 11.6 Å².